The van der Waals surface area contributed by atoms with E-state index in [1.165, 1.54) is 49.7 Å². The zero-order chi connectivity index (χ0) is 30.8. The third kappa shape index (κ3) is 7.24. The predicted octanol–water partition coefficient (Wildman–Crippen LogP) is 6.29. The van der Waals surface area contributed by atoms with E-state index in [4.69, 9.17) is 4.74 Å². The van der Waals surface area contributed by atoms with Crippen molar-refractivity contribution in [1.82, 2.24) is 9.47 Å². The summed E-state index contributed by atoms with van der Waals surface area (Å²) in [6.07, 6.45) is 3.45. The van der Waals surface area contributed by atoms with Gasteiger partial charge in [0.15, 0.2) is 9.84 Å². The second kappa shape index (κ2) is 12.3. The third-order valence-corrected chi connectivity index (χ3v) is 9.87. The van der Waals surface area contributed by atoms with Gasteiger partial charge >= 0.3 is 6.18 Å². The van der Waals surface area contributed by atoms with Gasteiger partial charge in [0.25, 0.3) is 0 Å². The number of anilines is 2. The lowest BCUT2D eigenvalue weighted by Crippen LogP contribution is -2.48. The van der Waals surface area contributed by atoms with Crippen LogP contribution in [0.15, 0.2) is 47.4 Å². The van der Waals surface area contributed by atoms with Crippen LogP contribution >= 0.6 is 0 Å². The highest BCUT2D eigenvalue weighted by Crippen LogP contribution is 2.38. The summed E-state index contributed by atoms with van der Waals surface area (Å²) in [5.41, 5.74) is 2.33. The Kier molecular flexibility index (Phi) is 8.91. The smallest absolute Gasteiger partial charge is 0.406 e. The lowest BCUT2D eigenvalue weighted by molar-refractivity contribution is -0.140. The molecule has 7 nitrogen and oxygen atoms in total. The van der Waals surface area contributed by atoms with Crippen molar-refractivity contribution < 1.29 is 26.3 Å². The van der Waals surface area contributed by atoms with Crippen LogP contribution in [0.2, 0.25) is 0 Å². The molecule has 0 amide bonds. The largest absolute Gasteiger partial charge is 0.495 e. The Balaban J connectivity index is 1.35. The molecule has 1 aromatic heterocycles. The Morgan fingerprint density at radius 1 is 1.07 bits per heavy atom. The summed E-state index contributed by atoms with van der Waals surface area (Å²) in [6, 6.07) is 11.9. The van der Waals surface area contributed by atoms with Gasteiger partial charge in [-0.3, -0.25) is 4.90 Å². The van der Waals surface area contributed by atoms with Gasteiger partial charge in [-0.15, -0.1) is 0 Å². The molecule has 43 heavy (non-hydrogen) atoms. The molecule has 0 unspecified atom stereocenters. The fourth-order valence-electron chi connectivity index (χ4n) is 6.36. The molecule has 0 spiro atoms. The average molecular weight is 617 g/mol. The number of nitrogens with zero attached hydrogens (tertiary/aromatic N) is 2. The first-order valence-corrected chi connectivity index (χ1v) is 16.6. The van der Waals surface area contributed by atoms with Crippen molar-refractivity contribution in [3.8, 4) is 17.6 Å². The molecule has 11 heteroatoms. The maximum Gasteiger partial charge on any atom is 0.406 e. The van der Waals surface area contributed by atoms with E-state index in [0.717, 1.165) is 43.0 Å². The number of sulfone groups is 1. The van der Waals surface area contributed by atoms with Crippen molar-refractivity contribution in [1.29, 1.82) is 0 Å². The number of likely N-dealkylation sites (tertiary alicyclic amines) is 1. The molecule has 1 aliphatic carbocycles. The van der Waals surface area contributed by atoms with Crippen LogP contribution in [-0.4, -0.2) is 68.6 Å². The lowest BCUT2D eigenvalue weighted by atomic mass is 9.79. The molecule has 2 fully saturated rings. The van der Waals surface area contributed by atoms with E-state index < -0.39 is 22.6 Å². The minimum atomic E-state index is -4.41. The number of alkyl halides is 3. The number of rotatable bonds is 8. The van der Waals surface area contributed by atoms with E-state index in [9.17, 15) is 21.6 Å². The number of ether oxygens (including phenoxy) is 1. The van der Waals surface area contributed by atoms with E-state index in [0.29, 0.717) is 17.0 Å². The molecule has 1 saturated heterocycles. The summed E-state index contributed by atoms with van der Waals surface area (Å²) in [6.45, 7) is 3.68. The van der Waals surface area contributed by atoms with Gasteiger partial charge in [-0.2, -0.15) is 13.2 Å². The number of fused-ring (bicyclic) bond motifs is 1. The first-order valence-electron chi connectivity index (χ1n) is 14.7. The van der Waals surface area contributed by atoms with E-state index >= 15 is 0 Å². The molecule has 0 bridgehead atoms. The van der Waals surface area contributed by atoms with Gasteiger partial charge in [-0.05, 0) is 94.8 Å². The van der Waals surface area contributed by atoms with Crippen LogP contribution in [0.25, 0.3) is 10.9 Å². The Hall–Kier alpha value is -3.36. The van der Waals surface area contributed by atoms with Crippen LogP contribution in [0.5, 0.6) is 5.75 Å². The summed E-state index contributed by atoms with van der Waals surface area (Å²) < 4.78 is 71.2. The van der Waals surface area contributed by atoms with Crippen molar-refractivity contribution in [2.24, 2.45) is 0 Å². The fraction of sp³-hybridized carbons (Fsp3) is 0.500. The van der Waals surface area contributed by atoms with Gasteiger partial charge in [0.05, 0.1) is 35.4 Å². The van der Waals surface area contributed by atoms with E-state index in [1.807, 2.05) is 6.07 Å². The van der Waals surface area contributed by atoms with Gasteiger partial charge < -0.3 is 19.9 Å². The van der Waals surface area contributed by atoms with Crippen LogP contribution < -0.4 is 15.4 Å². The molecular formula is C32H39F3N4O3S. The number of hydrogen-bond donors (Lipinski definition) is 2. The monoisotopic (exact) mass is 616 g/mol. The van der Waals surface area contributed by atoms with E-state index in [1.54, 1.807) is 24.3 Å². The van der Waals surface area contributed by atoms with E-state index in [-0.39, 0.29) is 28.7 Å². The van der Waals surface area contributed by atoms with Crippen molar-refractivity contribution >= 4 is 32.1 Å². The molecule has 2 aromatic carbocycles. The maximum absolute atomic E-state index is 13.7. The second-order valence-electron chi connectivity index (χ2n) is 11.9. The molecular weight excluding hydrogens is 577 g/mol. The summed E-state index contributed by atoms with van der Waals surface area (Å²) >= 11 is 0. The predicted molar refractivity (Wildman–Crippen MR) is 165 cm³/mol. The highest BCUT2D eigenvalue weighted by atomic mass is 32.2. The summed E-state index contributed by atoms with van der Waals surface area (Å²) in [7, 11) is -1.98. The molecule has 2 N–H and O–H groups in total. The summed E-state index contributed by atoms with van der Waals surface area (Å²) in [5.74, 6) is 6.17. The second-order valence-corrected chi connectivity index (χ2v) is 13.9. The fourth-order valence-corrected chi connectivity index (χ4v) is 7.00. The molecule has 2 aliphatic rings. The van der Waals surface area contributed by atoms with Gasteiger partial charge in [0, 0.05) is 35.0 Å². The number of aromatic nitrogens is 1. The number of halogens is 3. The zero-order valence-corrected chi connectivity index (χ0v) is 25.7. The Morgan fingerprint density at radius 2 is 1.79 bits per heavy atom. The Bertz CT molecular complexity index is 1620. The molecule has 0 radical (unpaired) electrons. The van der Waals surface area contributed by atoms with Crippen LogP contribution in [-0.2, 0) is 16.4 Å². The molecule has 1 aliphatic heterocycles. The number of methoxy groups -OCH3 is 1. The summed E-state index contributed by atoms with van der Waals surface area (Å²) in [4.78, 5) is 2.75. The van der Waals surface area contributed by atoms with Gasteiger partial charge in [-0.1, -0.05) is 12.0 Å². The van der Waals surface area contributed by atoms with Crippen LogP contribution in [0.4, 0.5) is 24.5 Å². The third-order valence-electron chi connectivity index (χ3n) is 8.76. The number of benzene rings is 2. The highest BCUT2D eigenvalue weighted by molar-refractivity contribution is 7.90. The Morgan fingerprint density at radius 3 is 2.44 bits per heavy atom. The zero-order valence-electron chi connectivity index (χ0n) is 24.9. The highest BCUT2D eigenvalue weighted by Gasteiger charge is 2.37. The minimum Gasteiger partial charge on any atom is -0.495 e. The number of hydrogen-bond acceptors (Lipinski definition) is 6. The summed E-state index contributed by atoms with van der Waals surface area (Å²) in [5, 5.41) is 7.43. The van der Waals surface area contributed by atoms with Gasteiger partial charge in [-0.25, -0.2) is 8.42 Å². The molecule has 3 aromatic rings. The van der Waals surface area contributed by atoms with Crippen molar-refractivity contribution in [3.63, 3.8) is 0 Å². The average Bonchev–Trinajstić information content (AvgIpc) is 3.61. The first-order chi connectivity index (χ1) is 20.4. The molecule has 5 rings (SSSR count). The molecule has 0 atom stereocenters. The maximum atomic E-state index is 13.7. The quantitative estimate of drug-likeness (QED) is 0.290. The first kappa shape index (κ1) is 31.1. The van der Waals surface area contributed by atoms with Crippen molar-refractivity contribution in [2.45, 2.75) is 74.6 Å². The van der Waals surface area contributed by atoms with E-state index in [2.05, 4.69) is 34.3 Å². The van der Waals surface area contributed by atoms with Crippen molar-refractivity contribution in [2.75, 3.05) is 43.6 Å². The normalized spacial score (nSPS) is 21.4. The standard InChI is InChI=1S/C32H39F3N4O3S/c1-31(38-18-4-5-19-38)15-13-23(14-16-31)37-27-9-6-10-29-26(27)20-24(39(29)22-32(33,34)35)8-7-17-36-28-12-11-25(43(3,40)41)21-30(28)42-2/h6,9-12,20-21,23,36-37H,4-5,13-19,22H2,1-3H3. The van der Waals surface area contributed by atoms with Crippen LogP contribution in [0, 0.1) is 11.8 Å². The molecule has 2 heterocycles. The Labute approximate surface area is 251 Å². The topological polar surface area (TPSA) is 75.6 Å². The number of nitrogens with one attached hydrogen (secondary N) is 2. The lowest BCUT2D eigenvalue weighted by Gasteiger charge is -2.44. The molecule has 1 saturated carbocycles. The van der Waals surface area contributed by atoms with Crippen LogP contribution in [0.1, 0.15) is 51.1 Å². The molecule has 232 valence electrons. The van der Waals surface area contributed by atoms with Gasteiger partial charge in [0.1, 0.15) is 12.3 Å². The van der Waals surface area contributed by atoms with Crippen LogP contribution in [0.3, 0.4) is 0 Å². The SMILES string of the molecule is COc1cc(S(C)(=O)=O)ccc1NCC#Cc1cc2c(NC3CCC(C)(N4CCCC4)CC3)cccc2n1CC(F)(F)F. The minimum absolute atomic E-state index is 0.116. The van der Waals surface area contributed by atoms with Gasteiger partial charge in [0.2, 0.25) is 0 Å². The van der Waals surface area contributed by atoms with Crippen molar-refractivity contribution in [3.05, 3.63) is 48.2 Å².